The Hall–Kier alpha value is -2.24. The molecule has 0 spiro atoms. The van der Waals surface area contributed by atoms with Gasteiger partial charge in [0.25, 0.3) is 5.91 Å². The van der Waals surface area contributed by atoms with Gasteiger partial charge in [-0.1, -0.05) is 37.0 Å². The van der Waals surface area contributed by atoms with Gasteiger partial charge >= 0.3 is 0 Å². The van der Waals surface area contributed by atoms with E-state index in [1.54, 1.807) is 36.4 Å². The molecule has 2 aromatic carbocycles. The Morgan fingerprint density at radius 2 is 1.78 bits per heavy atom. The normalized spacial score (nSPS) is 10.6. The summed E-state index contributed by atoms with van der Waals surface area (Å²) in [5.74, 6) is 0.0338. The van der Waals surface area contributed by atoms with Gasteiger partial charge in [-0.3, -0.25) is 9.59 Å². The van der Waals surface area contributed by atoms with Crippen molar-refractivity contribution in [2.45, 2.75) is 20.8 Å². The molecule has 0 heterocycles. The van der Waals surface area contributed by atoms with Crippen LogP contribution in [-0.4, -0.2) is 24.9 Å². The largest absolute Gasteiger partial charge is 0.376 e. The van der Waals surface area contributed by atoms with Gasteiger partial charge in [0.15, 0.2) is 0 Å². The summed E-state index contributed by atoms with van der Waals surface area (Å²) in [6, 6.07) is 10.2. The monoisotopic (exact) mass is 407 g/mol. The molecule has 5 nitrogen and oxygen atoms in total. The summed E-state index contributed by atoms with van der Waals surface area (Å²) < 4.78 is 0. The first-order valence-corrected chi connectivity index (χ1v) is 9.39. The lowest BCUT2D eigenvalue weighted by Gasteiger charge is -2.13. The standard InChI is InChI=1S/C20H23Cl2N3O2/c1-12(2)10-24-20(27)14-4-7-17(13(3)8-14)23-11-19(26)25-18-9-15(21)5-6-16(18)22/h4-9,12,23H,10-11H2,1-3H3,(H,24,27)(H,25,26). The number of amides is 2. The highest BCUT2D eigenvalue weighted by atomic mass is 35.5. The fourth-order valence-electron chi connectivity index (χ4n) is 2.37. The number of halogens is 2. The minimum Gasteiger partial charge on any atom is -0.376 e. The maximum absolute atomic E-state index is 12.1. The van der Waals surface area contributed by atoms with Crippen LogP contribution in [0.5, 0.6) is 0 Å². The number of benzene rings is 2. The van der Waals surface area contributed by atoms with Gasteiger partial charge in [0.2, 0.25) is 5.91 Å². The van der Waals surface area contributed by atoms with E-state index in [2.05, 4.69) is 16.0 Å². The number of carbonyl (C=O) groups excluding carboxylic acids is 2. The van der Waals surface area contributed by atoms with E-state index in [1.165, 1.54) is 0 Å². The number of hydrogen-bond acceptors (Lipinski definition) is 3. The molecule has 2 rings (SSSR count). The predicted octanol–water partition coefficient (Wildman–Crippen LogP) is 4.74. The van der Waals surface area contributed by atoms with E-state index in [0.717, 1.165) is 11.3 Å². The molecule has 3 N–H and O–H groups in total. The third-order valence-electron chi connectivity index (χ3n) is 3.80. The summed E-state index contributed by atoms with van der Waals surface area (Å²) in [6.45, 7) is 6.65. The molecule has 0 saturated heterocycles. The van der Waals surface area contributed by atoms with Crippen LogP contribution in [0.15, 0.2) is 36.4 Å². The van der Waals surface area contributed by atoms with Crippen molar-refractivity contribution in [1.82, 2.24) is 5.32 Å². The Morgan fingerprint density at radius 3 is 2.44 bits per heavy atom. The van der Waals surface area contributed by atoms with E-state index in [1.807, 2.05) is 20.8 Å². The van der Waals surface area contributed by atoms with Crippen molar-refractivity contribution in [2.75, 3.05) is 23.7 Å². The second-order valence-corrected chi connectivity index (χ2v) is 7.50. The zero-order valence-corrected chi connectivity index (χ0v) is 17.0. The van der Waals surface area contributed by atoms with Crippen molar-refractivity contribution in [3.8, 4) is 0 Å². The lowest BCUT2D eigenvalue weighted by molar-refractivity contribution is -0.114. The van der Waals surface area contributed by atoms with Crippen LogP contribution in [0.3, 0.4) is 0 Å². The topological polar surface area (TPSA) is 70.2 Å². The summed E-state index contributed by atoms with van der Waals surface area (Å²) in [5.41, 5.74) is 2.71. The van der Waals surface area contributed by atoms with Crippen molar-refractivity contribution in [2.24, 2.45) is 5.92 Å². The maximum atomic E-state index is 12.1. The fraction of sp³-hybridized carbons (Fsp3) is 0.300. The summed E-state index contributed by atoms with van der Waals surface area (Å²) in [4.78, 5) is 24.3. The van der Waals surface area contributed by atoms with E-state index < -0.39 is 0 Å². The van der Waals surface area contributed by atoms with Crippen LogP contribution in [0.2, 0.25) is 10.0 Å². The van der Waals surface area contributed by atoms with E-state index in [9.17, 15) is 9.59 Å². The lowest BCUT2D eigenvalue weighted by atomic mass is 10.1. The van der Waals surface area contributed by atoms with E-state index in [-0.39, 0.29) is 18.4 Å². The molecule has 2 amide bonds. The Labute approximate surface area is 169 Å². The third kappa shape index (κ3) is 6.45. The molecule has 0 fully saturated rings. The number of carbonyl (C=O) groups is 2. The van der Waals surface area contributed by atoms with Crippen LogP contribution >= 0.6 is 23.2 Å². The summed E-state index contributed by atoms with van der Waals surface area (Å²) in [7, 11) is 0. The zero-order chi connectivity index (χ0) is 20.0. The van der Waals surface area contributed by atoms with Gasteiger partial charge in [0, 0.05) is 22.8 Å². The molecule has 7 heteroatoms. The fourth-order valence-corrected chi connectivity index (χ4v) is 2.70. The van der Waals surface area contributed by atoms with Gasteiger partial charge < -0.3 is 16.0 Å². The van der Waals surface area contributed by atoms with Gasteiger partial charge in [-0.15, -0.1) is 0 Å². The second-order valence-electron chi connectivity index (χ2n) is 6.66. The van der Waals surface area contributed by atoms with Crippen molar-refractivity contribution in [3.63, 3.8) is 0 Å². The molecule has 2 aromatic rings. The third-order valence-corrected chi connectivity index (χ3v) is 4.37. The van der Waals surface area contributed by atoms with Crippen molar-refractivity contribution in [3.05, 3.63) is 57.6 Å². The second kappa shape index (κ2) is 9.62. The molecule has 0 bridgehead atoms. The van der Waals surface area contributed by atoms with Gasteiger partial charge in [0.1, 0.15) is 0 Å². The predicted molar refractivity (Wildman–Crippen MR) is 112 cm³/mol. The van der Waals surface area contributed by atoms with E-state index in [0.29, 0.717) is 33.8 Å². The maximum Gasteiger partial charge on any atom is 0.251 e. The van der Waals surface area contributed by atoms with Crippen LogP contribution in [0.4, 0.5) is 11.4 Å². The molecule has 0 saturated carbocycles. The lowest BCUT2D eigenvalue weighted by Crippen LogP contribution is -2.27. The van der Waals surface area contributed by atoms with E-state index >= 15 is 0 Å². The molecule has 144 valence electrons. The molecule has 0 atom stereocenters. The quantitative estimate of drug-likeness (QED) is 0.620. The molecule has 0 aliphatic rings. The first-order valence-electron chi connectivity index (χ1n) is 8.64. The first-order chi connectivity index (χ1) is 12.8. The number of nitrogens with one attached hydrogen (secondary N) is 3. The summed E-state index contributed by atoms with van der Waals surface area (Å²) in [6.07, 6.45) is 0. The van der Waals surface area contributed by atoms with Crippen LogP contribution < -0.4 is 16.0 Å². The minimum atomic E-state index is -0.252. The van der Waals surface area contributed by atoms with Crippen molar-refractivity contribution in [1.29, 1.82) is 0 Å². The Kier molecular flexibility index (Phi) is 7.51. The number of hydrogen-bond donors (Lipinski definition) is 3. The van der Waals surface area contributed by atoms with Gasteiger partial charge in [-0.25, -0.2) is 0 Å². The molecular weight excluding hydrogens is 385 g/mol. The summed E-state index contributed by atoms with van der Waals surface area (Å²) >= 11 is 12.0. The van der Waals surface area contributed by atoms with E-state index in [4.69, 9.17) is 23.2 Å². The SMILES string of the molecule is Cc1cc(C(=O)NCC(C)C)ccc1NCC(=O)Nc1cc(Cl)ccc1Cl. The molecule has 0 unspecified atom stereocenters. The number of anilines is 2. The van der Waals surface area contributed by atoms with Crippen LogP contribution in [0, 0.1) is 12.8 Å². The van der Waals surface area contributed by atoms with Crippen molar-refractivity contribution < 1.29 is 9.59 Å². The van der Waals surface area contributed by atoms with Crippen molar-refractivity contribution >= 4 is 46.4 Å². The molecule has 0 aliphatic carbocycles. The summed E-state index contributed by atoms with van der Waals surface area (Å²) in [5, 5.41) is 9.57. The highest BCUT2D eigenvalue weighted by molar-refractivity contribution is 6.35. The Bertz CT molecular complexity index is 838. The van der Waals surface area contributed by atoms with Gasteiger partial charge in [-0.2, -0.15) is 0 Å². The number of rotatable bonds is 7. The Balaban J connectivity index is 1.94. The minimum absolute atomic E-state index is 0.0581. The highest BCUT2D eigenvalue weighted by Crippen LogP contribution is 2.25. The van der Waals surface area contributed by atoms with Crippen LogP contribution in [-0.2, 0) is 4.79 Å². The molecule has 0 radical (unpaired) electrons. The van der Waals surface area contributed by atoms with Gasteiger partial charge in [-0.05, 0) is 54.8 Å². The molecule has 27 heavy (non-hydrogen) atoms. The average molecular weight is 408 g/mol. The van der Waals surface area contributed by atoms with Crippen LogP contribution in [0.1, 0.15) is 29.8 Å². The zero-order valence-electron chi connectivity index (χ0n) is 15.5. The average Bonchev–Trinajstić information content (AvgIpc) is 2.61. The first kappa shape index (κ1) is 21.1. The highest BCUT2D eigenvalue weighted by Gasteiger charge is 2.10. The Morgan fingerprint density at radius 1 is 1.04 bits per heavy atom. The molecule has 0 aliphatic heterocycles. The number of aryl methyl sites for hydroxylation is 1. The van der Waals surface area contributed by atoms with Crippen LogP contribution in [0.25, 0.3) is 0 Å². The molecule has 0 aromatic heterocycles. The van der Waals surface area contributed by atoms with Gasteiger partial charge in [0.05, 0.1) is 17.3 Å². The smallest absolute Gasteiger partial charge is 0.251 e. The molecular formula is C20H23Cl2N3O2.